The number of benzene rings is 1. The third-order valence-electron chi connectivity index (χ3n) is 2.44. The van der Waals surface area contributed by atoms with Crippen LogP contribution in [-0.4, -0.2) is 4.57 Å². The first-order chi connectivity index (χ1) is 7.66. The number of aromatic nitrogens is 1. The number of hydrogen-bond donors (Lipinski definition) is 1. The third kappa shape index (κ3) is 2.60. The first-order valence-electron chi connectivity index (χ1n) is 4.96. The monoisotopic (exact) mass is 298 g/mol. The second-order valence-corrected chi connectivity index (χ2v) is 4.88. The Morgan fingerprint density at radius 2 is 2.19 bits per heavy atom. The van der Waals surface area contributed by atoms with Gasteiger partial charge in [0.2, 0.25) is 0 Å². The Labute approximate surface area is 108 Å². The lowest BCUT2D eigenvalue weighted by Gasteiger charge is -2.09. The predicted molar refractivity (Wildman–Crippen MR) is 71.9 cm³/mol. The number of nitrogens with zero attached hydrogens (tertiary/aromatic N) is 1. The van der Waals surface area contributed by atoms with E-state index < -0.39 is 0 Å². The van der Waals surface area contributed by atoms with E-state index in [0.29, 0.717) is 0 Å². The average Bonchev–Trinajstić information content (AvgIpc) is 2.63. The van der Waals surface area contributed by atoms with Crippen LogP contribution in [0.3, 0.4) is 0 Å². The quantitative estimate of drug-likeness (QED) is 0.904. The zero-order valence-electron chi connectivity index (χ0n) is 8.87. The molecule has 16 heavy (non-hydrogen) atoms. The minimum atomic E-state index is 0.733. The predicted octanol–water partition coefficient (Wildman–Crippen LogP) is 4.05. The molecule has 1 aromatic carbocycles. The maximum absolute atomic E-state index is 5.88. The zero-order valence-corrected chi connectivity index (χ0v) is 11.2. The van der Waals surface area contributed by atoms with Gasteiger partial charge in [-0.3, -0.25) is 0 Å². The summed E-state index contributed by atoms with van der Waals surface area (Å²) in [4.78, 5) is 0. The first kappa shape index (κ1) is 11.6. The SMILES string of the molecule is Cn1cccc1CNc1ccc(Cl)cc1Br. The second kappa shape index (κ2) is 4.93. The molecule has 0 unspecified atom stereocenters. The van der Waals surface area contributed by atoms with Crippen LogP contribution in [-0.2, 0) is 13.6 Å². The van der Waals surface area contributed by atoms with Gasteiger partial charge in [0, 0.05) is 34.1 Å². The molecule has 1 N–H and O–H groups in total. The highest BCUT2D eigenvalue weighted by atomic mass is 79.9. The van der Waals surface area contributed by atoms with Gasteiger partial charge in [0.25, 0.3) is 0 Å². The first-order valence-corrected chi connectivity index (χ1v) is 6.13. The van der Waals surface area contributed by atoms with Gasteiger partial charge >= 0.3 is 0 Å². The Hall–Kier alpha value is -0.930. The molecule has 2 aromatic rings. The summed E-state index contributed by atoms with van der Waals surface area (Å²) in [6, 6.07) is 9.86. The Bertz CT molecular complexity index is 494. The van der Waals surface area contributed by atoms with Crippen molar-refractivity contribution in [2.75, 3.05) is 5.32 Å². The van der Waals surface area contributed by atoms with E-state index in [1.54, 1.807) is 0 Å². The summed E-state index contributed by atoms with van der Waals surface area (Å²) in [5.41, 5.74) is 2.28. The van der Waals surface area contributed by atoms with Crippen molar-refractivity contribution in [2.24, 2.45) is 7.05 Å². The fourth-order valence-electron chi connectivity index (χ4n) is 1.50. The van der Waals surface area contributed by atoms with E-state index >= 15 is 0 Å². The van der Waals surface area contributed by atoms with E-state index in [4.69, 9.17) is 11.6 Å². The highest BCUT2D eigenvalue weighted by Crippen LogP contribution is 2.26. The van der Waals surface area contributed by atoms with Gasteiger partial charge < -0.3 is 9.88 Å². The lowest BCUT2D eigenvalue weighted by atomic mass is 10.3. The molecule has 2 rings (SSSR count). The average molecular weight is 300 g/mol. The molecule has 84 valence electrons. The number of nitrogens with one attached hydrogen (secondary N) is 1. The standard InChI is InChI=1S/C12H12BrClN2/c1-16-6-2-3-10(16)8-15-12-5-4-9(14)7-11(12)13/h2-7,15H,8H2,1H3. The van der Waals surface area contributed by atoms with Gasteiger partial charge in [-0.25, -0.2) is 0 Å². The molecule has 0 spiro atoms. The van der Waals surface area contributed by atoms with Crippen LogP contribution in [0.15, 0.2) is 41.0 Å². The highest BCUT2D eigenvalue weighted by Gasteiger charge is 2.01. The Kier molecular flexibility index (Phi) is 3.56. The lowest BCUT2D eigenvalue weighted by Crippen LogP contribution is -2.04. The van der Waals surface area contributed by atoms with Crippen molar-refractivity contribution in [3.8, 4) is 0 Å². The number of halogens is 2. The number of aryl methyl sites for hydroxylation is 1. The number of anilines is 1. The summed E-state index contributed by atoms with van der Waals surface area (Å²) < 4.78 is 3.07. The van der Waals surface area contributed by atoms with E-state index in [2.05, 4.69) is 31.9 Å². The van der Waals surface area contributed by atoms with Crippen molar-refractivity contribution in [1.29, 1.82) is 0 Å². The highest BCUT2D eigenvalue weighted by molar-refractivity contribution is 9.10. The lowest BCUT2D eigenvalue weighted by molar-refractivity contribution is 0.842. The van der Waals surface area contributed by atoms with Crippen molar-refractivity contribution in [2.45, 2.75) is 6.54 Å². The largest absolute Gasteiger partial charge is 0.379 e. The van der Waals surface area contributed by atoms with Crippen molar-refractivity contribution >= 4 is 33.2 Å². The van der Waals surface area contributed by atoms with Crippen LogP contribution in [0, 0.1) is 0 Å². The molecule has 1 aromatic heterocycles. The molecular weight excluding hydrogens is 288 g/mol. The topological polar surface area (TPSA) is 17.0 Å². The van der Waals surface area contributed by atoms with E-state index in [0.717, 1.165) is 21.7 Å². The van der Waals surface area contributed by atoms with Crippen LogP contribution >= 0.6 is 27.5 Å². The molecule has 0 atom stereocenters. The molecule has 0 bridgehead atoms. The van der Waals surface area contributed by atoms with Crippen LogP contribution in [0.4, 0.5) is 5.69 Å². The van der Waals surface area contributed by atoms with Gasteiger partial charge in [0.15, 0.2) is 0 Å². The second-order valence-electron chi connectivity index (χ2n) is 3.59. The van der Waals surface area contributed by atoms with Crippen LogP contribution < -0.4 is 5.32 Å². The number of rotatable bonds is 3. The molecule has 2 nitrogen and oxygen atoms in total. The fourth-order valence-corrected chi connectivity index (χ4v) is 2.32. The summed E-state index contributed by atoms with van der Waals surface area (Å²) in [7, 11) is 2.04. The molecule has 0 aliphatic carbocycles. The molecular formula is C12H12BrClN2. The van der Waals surface area contributed by atoms with Crippen molar-refractivity contribution in [1.82, 2.24) is 4.57 Å². The van der Waals surface area contributed by atoms with Crippen LogP contribution in [0.2, 0.25) is 5.02 Å². The van der Waals surface area contributed by atoms with Crippen LogP contribution in [0.1, 0.15) is 5.69 Å². The molecule has 0 saturated heterocycles. The molecule has 4 heteroatoms. The Morgan fingerprint density at radius 3 is 2.81 bits per heavy atom. The molecule has 0 aliphatic rings. The van der Waals surface area contributed by atoms with Gasteiger partial charge in [-0.15, -0.1) is 0 Å². The minimum absolute atomic E-state index is 0.733. The van der Waals surface area contributed by atoms with Gasteiger partial charge in [0.1, 0.15) is 0 Å². The smallest absolute Gasteiger partial charge is 0.0553 e. The normalized spacial score (nSPS) is 10.4. The van der Waals surface area contributed by atoms with Crippen molar-refractivity contribution < 1.29 is 0 Å². The van der Waals surface area contributed by atoms with Crippen LogP contribution in [0.25, 0.3) is 0 Å². The van der Waals surface area contributed by atoms with Gasteiger partial charge in [-0.2, -0.15) is 0 Å². The van der Waals surface area contributed by atoms with Crippen molar-refractivity contribution in [3.63, 3.8) is 0 Å². The van der Waals surface area contributed by atoms with E-state index in [1.807, 2.05) is 37.5 Å². The molecule has 0 saturated carbocycles. The maximum atomic E-state index is 5.88. The molecule has 1 heterocycles. The maximum Gasteiger partial charge on any atom is 0.0553 e. The van der Waals surface area contributed by atoms with Gasteiger partial charge in [0.05, 0.1) is 6.54 Å². The summed E-state index contributed by atoms with van der Waals surface area (Å²) >= 11 is 9.36. The fraction of sp³-hybridized carbons (Fsp3) is 0.167. The van der Waals surface area contributed by atoms with Crippen molar-refractivity contribution in [3.05, 3.63) is 51.7 Å². The molecule has 0 fully saturated rings. The van der Waals surface area contributed by atoms with Crippen LogP contribution in [0.5, 0.6) is 0 Å². The minimum Gasteiger partial charge on any atom is -0.379 e. The summed E-state index contributed by atoms with van der Waals surface area (Å²) in [6.45, 7) is 0.795. The summed E-state index contributed by atoms with van der Waals surface area (Å²) in [5, 5.41) is 4.09. The Balaban J connectivity index is 2.08. The Morgan fingerprint density at radius 1 is 1.38 bits per heavy atom. The summed E-state index contributed by atoms with van der Waals surface area (Å²) in [5.74, 6) is 0. The molecule has 0 aliphatic heterocycles. The van der Waals surface area contributed by atoms with Gasteiger partial charge in [-0.05, 0) is 46.3 Å². The number of hydrogen-bond acceptors (Lipinski definition) is 1. The van der Waals surface area contributed by atoms with Gasteiger partial charge in [-0.1, -0.05) is 11.6 Å². The zero-order chi connectivity index (χ0) is 11.5. The van der Waals surface area contributed by atoms with E-state index in [9.17, 15) is 0 Å². The van der Waals surface area contributed by atoms with E-state index in [-0.39, 0.29) is 0 Å². The summed E-state index contributed by atoms with van der Waals surface area (Å²) in [6.07, 6.45) is 2.04. The third-order valence-corrected chi connectivity index (χ3v) is 3.33. The molecule has 0 amide bonds. The molecule has 0 radical (unpaired) electrons. The van der Waals surface area contributed by atoms with E-state index in [1.165, 1.54) is 5.69 Å².